The van der Waals surface area contributed by atoms with Crippen LogP contribution in [0.25, 0.3) is 0 Å². The molecule has 1 rings (SSSR count). The summed E-state index contributed by atoms with van der Waals surface area (Å²) in [5.74, 6) is -1.19. The van der Waals surface area contributed by atoms with Crippen LogP contribution < -0.4 is 0 Å². The predicted molar refractivity (Wildman–Crippen MR) is 59.4 cm³/mol. The fourth-order valence-electron chi connectivity index (χ4n) is 1.43. The molecular formula is C12H12N2O2. The van der Waals surface area contributed by atoms with Crippen LogP contribution in [-0.2, 0) is 11.2 Å². The summed E-state index contributed by atoms with van der Waals surface area (Å²) < 4.78 is 0. The third-order valence-electron chi connectivity index (χ3n) is 2.25. The minimum atomic E-state index is -0.901. The summed E-state index contributed by atoms with van der Waals surface area (Å²) in [5.41, 5.74) is 1.52. The summed E-state index contributed by atoms with van der Waals surface area (Å²) in [6, 6.07) is 8.98. The number of carbonyl (C=O) groups is 1. The maximum Gasteiger partial charge on any atom is 0.304 e. The Morgan fingerprint density at radius 3 is 2.56 bits per heavy atom. The topological polar surface area (TPSA) is 84.9 Å². The number of benzene rings is 1. The minimum absolute atomic E-state index is 0.0382. The van der Waals surface area contributed by atoms with Gasteiger partial charge < -0.3 is 10.5 Å². The number of hydrogen-bond donors (Lipinski definition) is 2. The molecule has 1 atom stereocenters. The largest absolute Gasteiger partial charge is 0.481 e. The Hall–Kier alpha value is -2.15. The molecule has 0 saturated carbocycles. The van der Waals surface area contributed by atoms with Crippen LogP contribution in [0, 0.1) is 22.7 Å². The van der Waals surface area contributed by atoms with Crippen LogP contribution in [0.3, 0.4) is 0 Å². The van der Waals surface area contributed by atoms with Gasteiger partial charge in [-0.3, -0.25) is 4.79 Å². The zero-order chi connectivity index (χ0) is 12.0. The van der Waals surface area contributed by atoms with E-state index in [0.717, 1.165) is 11.8 Å². The lowest BCUT2D eigenvalue weighted by Crippen LogP contribution is -2.11. The molecule has 82 valence electrons. The van der Waals surface area contributed by atoms with Crippen molar-refractivity contribution in [2.45, 2.75) is 12.8 Å². The molecule has 2 N–H and O–H groups in total. The van der Waals surface area contributed by atoms with Gasteiger partial charge in [-0.25, -0.2) is 0 Å². The maximum absolute atomic E-state index is 10.5. The van der Waals surface area contributed by atoms with Gasteiger partial charge in [0.1, 0.15) is 0 Å². The molecule has 1 aromatic carbocycles. The quantitative estimate of drug-likeness (QED) is 0.736. The van der Waals surface area contributed by atoms with Crippen molar-refractivity contribution in [3.8, 4) is 6.07 Å². The molecule has 1 aromatic rings. The number of hydrogen-bond acceptors (Lipinski definition) is 3. The third kappa shape index (κ3) is 3.54. The van der Waals surface area contributed by atoms with Crippen molar-refractivity contribution in [3.05, 3.63) is 35.4 Å². The normalized spacial score (nSPS) is 11.4. The zero-order valence-electron chi connectivity index (χ0n) is 8.68. The molecule has 1 unspecified atom stereocenters. The van der Waals surface area contributed by atoms with E-state index in [1.807, 2.05) is 6.07 Å². The van der Waals surface area contributed by atoms with Gasteiger partial charge in [0.15, 0.2) is 0 Å². The van der Waals surface area contributed by atoms with Crippen molar-refractivity contribution in [1.82, 2.24) is 0 Å². The second kappa shape index (κ2) is 5.66. The van der Waals surface area contributed by atoms with Crippen molar-refractivity contribution in [2.24, 2.45) is 5.92 Å². The van der Waals surface area contributed by atoms with Crippen LogP contribution >= 0.6 is 0 Å². The Bertz CT molecular complexity index is 418. The van der Waals surface area contributed by atoms with Gasteiger partial charge in [0.2, 0.25) is 0 Å². The Kier molecular flexibility index (Phi) is 4.22. The number of carboxylic acid groups (broad SMARTS) is 1. The van der Waals surface area contributed by atoms with Crippen molar-refractivity contribution >= 4 is 12.2 Å². The lowest BCUT2D eigenvalue weighted by atomic mass is 9.97. The van der Waals surface area contributed by atoms with Crippen LogP contribution in [0.5, 0.6) is 0 Å². The highest BCUT2D eigenvalue weighted by Gasteiger charge is 2.11. The van der Waals surface area contributed by atoms with Gasteiger partial charge in [0.05, 0.1) is 18.1 Å². The zero-order valence-corrected chi connectivity index (χ0v) is 8.68. The van der Waals surface area contributed by atoms with Gasteiger partial charge >= 0.3 is 5.97 Å². The van der Waals surface area contributed by atoms with E-state index in [0.29, 0.717) is 12.0 Å². The van der Waals surface area contributed by atoms with Gasteiger partial charge in [-0.1, -0.05) is 12.1 Å². The van der Waals surface area contributed by atoms with Gasteiger partial charge in [0.25, 0.3) is 0 Å². The van der Waals surface area contributed by atoms with Crippen LogP contribution in [0.2, 0.25) is 0 Å². The SMILES string of the molecule is N#Cc1ccc(CC(C=N)CC(=O)O)cc1. The first-order chi connectivity index (χ1) is 7.65. The molecule has 0 bridgehead atoms. The van der Waals surface area contributed by atoms with E-state index in [-0.39, 0.29) is 12.3 Å². The number of nitrogens with zero attached hydrogens (tertiary/aromatic N) is 1. The molecule has 4 heteroatoms. The predicted octanol–water partition coefficient (Wildman–Crippen LogP) is 1.84. The third-order valence-corrected chi connectivity index (χ3v) is 2.25. The van der Waals surface area contributed by atoms with Gasteiger partial charge in [0, 0.05) is 5.92 Å². The lowest BCUT2D eigenvalue weighted by Gasteiger charge is -2.08. The molecule has 0 radical (unpaired) electrons. The summed E-state index contributed by atoms with van der Waals surface area (Å²) >= 11 is 0. The van der Waals surface area contributed by atoms with E-state index in [1.54, 1.807) is 24.3 Å². The highest BCUT2D eigenvalue weighted by atomic mass is 16.4. The first-order valence-electron chi connectivity index (χ1n) is 4.87. The standard InChI is InChI=1S/C12H12N2O2/c13-7-10-3-1-9(2-4-10)5-11(8-14)6-12(15)16/h1-4,8,11,14H,5-6H2,(H,15,16). The summed E-state index contributed by atoms with van der Waals surface area (Å²) in [6.45, 7) is 0. The molecule has 0 saturated heterocycles. The molecule has 0 aromatic heterocycles. The molecule has 0 aliphatic carbocycles. The average molecular weight is 216 g/mol. The fourth-order valence-corrected chi connectivity index (χ4v) is 1.43. The highest BCUT2D eigenvalue weighted by molar-refractivity contribution is 5.72. The molecule has 0 fully saturated rings. The number of nitriles is 1. The summed E-state index contributed by atoms with van der Waals surface area (Å²) in [5, 5.41) is 24.4. The van der Waals surface area contributed by atoms with Crippen LogP contribution in [0.1, 0.15) is 17.5 Å². The summed E-state index contributed by atoms with van der Waals surface area (Å²) in [6.07, 6.45) is 1.64. The molecule has 0 heterocycles. The smallest absolute Gasteiger partial charge is 0.304 e. The molecule has 0 amide bonds. The number of aliphatic carboxylic acids is 1. The van der Waals surface area contributed by atoms with E-state index < -0.39 is 5.97 Å². The van der Waals surface area contributed by atoms with E-state index in [4.69, 9.17) is 15.8 Å². The Morgan fingerprint density at radius 1 is 1.50 bits per heavy atom. The number of carboxylic acids is 1. The molecule has 16 heavy (non-hydrogen) atoms. The highest BCUT2D eigenvalue weighted by Crippen LogP contribution is 2.11. The van der Waals surface area contributed by atoms with E-state index in [9.17, 15) is 4.79 Å². The van der Waals surface area contributed by atoms with Crippen molar-refractivity contribution < 1.29 is 9.90 Å². The van der Waals surface area contributed by atoms with Crippen LogP contribution in [-0.4, -0.2) is 17.3 Å². The van der Waals surface area contributed by atoms with Crippen molar-refractivity contribution in [3.63, 3.8) is 0 Å². The molecule has 4 nitrogen and oxygen atoms in total. The Labute approximate surface area is 93.7 Å². The van der Waals surface area contributed by atoms with Crippen LogP contribution in [0.15, 0.2) is 24.3 Å². The Balaban J connectivity index is 2.67. The molecule has 0 aliphatic rings. The first kappa shape index (κ1) is 11.9. The molecule has 0 aliphatic heterocycles. The van der Waals surface area contributed by atoms with Crippen molar-refractivity contribution in [2.75, 3.05) is 0 Å². The van der Waals surface area contributed by atoms with Crippen molar-refractivity contribution in [1.29, 1.82) is 10.7 Å². The van der Waals surface area contributed by atoms with Gasteiger partial charge in [-0.05, 0) is 30.3 Å². The minimum Gasteiger partial charge on any atom is -0.481 e. The van der Waals surface area contributed by atoms with E-state index >= 15 is 0 Å². The van der Waals surface area contributed by atoms with Gasteiger partial charge in [-0.2, -0.15) is 5.26 Å². The number of rotatable bonds is 5. The molecular weight excluding hydrogens is 204 g/mol. The second-order valence-electron chi connectivity index (χ2n) is 3.54. The van der Waals surface area contributed by atoms with E-state index in [1.165, 1.54) is 0 Å². The first-order valence-corrected chi connectivity index (χ1v) is 4.87. The van der Waals surface area contributed by atoms with E-state index in [2.05, 4.69) is 0 Å². The van der Waals surface area contributed by atoms with Gasteiger partial charge in [-0.15, -0.1) is 0 Å². The average Bonchev–Trinajstić information content (AvgIpc) is 2.28. The fraction of sp³-hybridized carbons (Fsp3) is 0.250. The molecule has 0 spiro atoms. The second-order valence-corrected chi connectivity index (χ2v) is 3.54. The maximum atomic E-state index is 10.5. The Morgan fingerprint density at radius 2 is 2.12 bits per heavy atom. The van der Waals surface area contributed by atoms with Crippen LogP contribution in [0.4, 0.5) is 0 Å². The summed E-state index contributed by atoms with van der Waals surface area (Å²) in [7, 11) is 0. The summed E-state index contributed by atoms with van der Waals surface area (Å²) in [4.78, 5) is 10.5. The monoisotopic (exact) mass is 216 g/mol. The lowest BCUT2D eigenvalue weighted by molar-refractivity contribution is -0.137. The number of nitrogens with one attached hydrogen (secondary N) is 1.